The molecule has 0 bridgehead atoms. The molecule has 2 N–H and O–H groups in total. The lowest BCUT2D eigenvalue weighted by atomic mass is 10.2. The number of rotatable bonds is 5. The van der Waals surface area contributed by atoms with Gasteiger partial charge in [-0.05, 0) is 20.1 Å². The molecule has 0 aromatic rings. The SMILES string of the molecule is CSC(C)(C)CN/C=C/C(=O)O. The topological polar surface area (TPSA) is 49.3 Å². The van der Waals surface area contributed by atoms with E-state index in [1.54, 1.807) is 11.8 Å². The molecule has 70 valence electrons. The Morgan fingerprint density at radius 3 is 2.67 bits per heavy atom. The molecule has 0 saturated heterocycles. The Labute approximate surface area is 77.2 Å². The van der Waals surface area contributed by atoms with E-state index in [4.69, 9.17) is 5.11 Å². The van der Waals surface area contributed by atoms with Crippen LogP contribution in [0.15, 0.2) is 12.3 Å². The molecule has 4 heteroatoms. The second-order valence-corrected chi connectivity index (χ2v) is 4.53. The van der Waals surface area contributed by atoms with Gasteiger partial charge >= 0.3 is 5.97 Å². The number of carbonyl (C=O) groups is 1. The first-order valence-electron chi connectivity index (χ1n) is 3.66. The van der Waals surface area contributed by atoms with E-state index in [0.717, 1.165) is 12.6 Å². The third-order valence-corrected chi connectivity index (χ3v) is 2.67. The van der Waals surface area contributed by atoms with Crippen molar-refractivity contribution in [2.45, 2.75) is 18.6 Å². The van der Waals surface area contributed by atoms with E-state index in [2.05, 4.69) is 19.2 Å². The largest absolute Gasteiger partial charge is 0.478 e. The summed E-state index contributed by atoms with van der Waals surface area (Å²) >= 11 is 1.74. The van der Waals surface area contributed by atoms with Crippen LogP contribution >= 0.6 is 11.8 Å². The molecule has 0 aliphatic heterocycles. The Morgan fingerprint density at radius 2 is 2.25 bits per heavy atom. The van der Waals surface area contributed by atoms with Crippen LogP contribution in [0.2, 0.25) is 0 Å². The summed E-state index contributed by atoms with van der Waals surface area (Å²) < 4.78 is 0.142. The molecule has 0 rings (SSSR count). The van der Waals surface area contributed by atoms with Gasteiger partial charge < -0.3 is 10.4 Å². The van der Waals surface area contributed by atoms with Gasteiger partial charge in [-0.25, -0.2) is 4.79 Å². The van der Waals surface area contributed by atoms with E-state index < -0.39 is 5.97 Å². The van der Waals surface area contributed by atoms with Crippen LogP contribution in [0.3, 0.4) is 0 Å². The van der Waals surface area contributed by atoms with E-state index >= 15 is 0 Å². The summed E-state index contributed by atoms with van der Waals surface area (Å²) in [6.45, 7) is 4.95. The first kappa shape index (κ1) is 11.4. The van der Waals surface area contributed by atoms with Gasteiger partial charge in [-0.3, -0.25) is 0 Å². The summed E-state index contributed by atoms with van der Waals surface area (Å²) in [5.41, 5.74) is 0. The molecule has 0 aromatic carbocycles. The van der Waals surface area contributed by atoms with Crippen molar-refractivity contribution in [3.05, 3.63) is 12.3 Å². The van der Waals surface area contributed by atoms with Crippen molar-refractivity contribution in [2.24, 2.45) is 0 Å². The summed E-state index contributed by atoms with van der Waals surface area (Å²) in [4.78, 5) is 10.1. The number of carboxylic acids is 1. The summed E-state index contributed by atoms with van der Waals surface area (Å²) in [6, 6.07) is 0. The van der Waals surface area contributed by atoms with Crippen LogP contribution in [0.4, 0.5) is 0 Å². The lowest BCUT2D eigenvalue weighted by Crippen LogP contribution is -2.28. The van der Waals surface area contributed by atoms with Crippen molar-refractivity contribution >= 4 is 17.7 Å². The van der Waals surface area contributed by atoms with Crippen molar-refractivity contribution in [2.75, 3.05) is 12.8 Å². The predicted molar refractivity (Wildman–Crippen MR) is 52.4 cm³/mol. The van der Waals surface area contributed by atoms with E-state index in [9.17, 15) is 4.79 Å². The number of thioether (sulfide) groups is 1. The number of carboxylic acid groups (broad SMARTS) is 1. The quantitative estimate of drug-likeness (QED) is 0.640. The molecule has 0 radical (unpaired) electrons. The molecule has 0 aliphatic carbocycles. The van der Waals surface area contributed by atoms with E-state index in [0.29, 0.717) is 0 Å². The van der Waals surface area contributed by atoms with E-state index in [-0.39, 0.29) is 4.75 Å². The molecule has 0 spiro atoms. The second-order valence-electron chi connectivity index (χ2n) is 3.02. The Morgan fingerprint density at radius 1 is 1.67 bits per heavy atom. The Kier molecular flexibility index (Phi) is 4.81. The Bertz CT molecular complexity index is 178. The minimum Gasteiger partial charge on any atom is -0.478 e. The summed E-state index contributed by atoms with van der Waals surface area (Å²) in [7, 11) is 0. The third-order valence-electron chi connectivity index (χ3n) is 1.42. The van der Waals surface area contributed by atoms with Crippen LogP contribution in [0, 0.1) is 0 Å². The minimum absolute atomic E-state index is 0.142. The maximum atomic E-state index is 10.1. The van der Waals surface area contributed by atoms with E-state index in [1.165, 1.54) is 6.20 Å². The van der Waals surface area contributed by atoms with Crippen LogP contribution in [0.25, 0.3) is 0 Å². The van der Waals surface area contributed by atoms with Gasteiger partial charge in [-0.2, -0.15) is 11.8 Å². The average Bonchev–Trinajstić information content (AvgIpc) is 1.98. The molecular weight excluding hydrogens is 174 g/mol. The molecule has 0 aromatic heterocycles. The van der Waals surface area contributed by atoms with Crippen LogP contribution < -0.4 is 5.32 Å². The van der Waals surface area contributed by atoms with Crippen molar-refractivity contribution in [1.29, 1.82) is 0 Å². The van der Waals surface area contributed by atoms with Gasteiger partial charge in [0.25, 0.3) is 0 Å². The average molecular weight is 189 g/mol. The Balaban J connectivity index is 3.63. The number of hydrogen-bond acceptors (Lipinski definition) is 3. The fourth-order valence-electron chi connectivity index (χ4n) is 0.507. The highest BCUT2D eigenvalue weighted by atomic mass is 32.2. The van der Waals surface area contributed by atoms with Gasteiger partial charge in [0.2, 0.25) is 0 Å². The third kappa shape index (κ3) is 6.09. The zero-order valence-electron chi connectivity index (χ0n) is 7.63. The maximum absolute atomic E-state index is 10.1. The zero-order valence-corrected chi connectivity index (χ0v) is 8.44. The maximum Gasteiger partial charge on any atom is 0.329 e. The molecule has 3 nitrogen and oxygen atoms in total. The highest BCUT2D eigenvalue weighted by Crippen LogP contribution is 2.19. The number of aliphatic carboxylic acids is 1. The highest BCUT2D eigenvalue weighted by Gasteiger charge is 2.13. The van der Waals surface area contributed by atoms with Gasteiger partial charge in [-0.1, -0.05) is 0 Å². The fraction of sp³-hybridized carbons (Fsp3) is 0.625. The molecule has 0 aliphatic rings. The minimum atomic E-state index is -0.926. The number of nitrogens with one attached hydrogen (secondary N) is 1. The summed E-state index contributed by atoms with van der Waals surface area (Å²) in [5, 5.41) is 11.2. The van der Waals surface area contributed by atoms with Gasteiger partial charge in [0.1, 0.15) is 0 Å². The highest BCUT2D eigenvalue weighted by molar-refractivity contribution is 7.99. The van der Waals surface area contributed by atoms with E-state index in [1.807, 2.05) is 6.26 Å². The van der Waals surface area contributed by atoms with Crippen LogP contribution in [0.1, 0.15) is 13.8 Å². The zero-order chi connectivity index (χ0) is 9.61. The molecular formula is C8H15NO2S. The number of hydrogen-bond donors (Lipinski definition) is 2. The molecule has 12 heavy (non-hydrogen) atoms. The first-order chi connectivity index (χ1) is 5.48. The second kappa shape index (κ2) is 5.09. The standard InChI is InChI=1S/C8H15NO2S/c1-8(2,12-3)6-9-5-4-7(10)11/h4-5,9H,6H2,1-3H3,(H,10,11)/b5-4+. The van der Waals surface area contributed by atoms with Gasteiger partial charge in [-0.15, -0.1) is 0 Å². The molecule has 0 unspecified atom stereocenters. The van der Waals surface area contributed by atoms with Crippen molar-refractivity contribution in [3.63, 3.8) is 0 Å². The van der Waals surface area contributed by atoms with Crippen LogP contribution in [-0.2, 0) is 4.79 Å². The molecule has 0 fully saturated rings. The fourth-order valence-corrected chi connectivity index (χ4v) is 0.735. The monoisotopic (exact) mass is 189 g/mol. The lowest BCUT2D eigenvalue weighted by Gasteiger charge is -2.21. The normalized spacial score (nSPS) is 11.9. The van der Waals surface area contributed by atoms with Gasteiger partial charge in [0, 0.05) is 23.6 Å². The molecule has 0 saturated carbocycles. The van der Waals surface area contributed by atoms with Crippen molar-refractivity contribution < 1.29 is 9.90 Å². The lowest BCUT2D eigenvalue weighted by molar-refractivity contribution is -0.131. The van der Waals surface area contributed by atoms with Crippen LogP contribution in [0.5, 0.6) is 0 Å². The van der Waals surface area contributed by atoms with Crippen molar-refractivity contribution in [3.8, 4) is 0 Å². The summed E-state index contributed by atoms with van der Waals surface area (Å²) in [5.74, 6) is -0.926. The molecule has 0 heterocycles. The summed E-state index contributed by atoms with van der Waals surface area (Å²) in [6.07, 6.45) is 4.58. The van der Waals surface area contributed by atoms with Gasteiger partial charge in [0.05, 0.1) is 0 Å². The predicted octanol–water partition coefficient (Wildman–Crippen LogP) is 1.32. The Hall–Kier alpha value is -0.640. The smallest absolute Gasteiger partial charge is 0.329 e. The van der Waals surface area contributed by atoms with Crippen LogP contribution in [-0.4, -0.2) is 28.6 Å². The molecule has 0 amide bonds. The first-order valence-corrected chi connectivity index (χ1v) is 4.88. The van der Waals surface area contributed by atoms with Crippen molar-refractivity contribution in [1.82, 2.24) is 5.32 Å². The molecule has 0 atom stereocenters. The van der Waals surface area contributed by atoms with Gasteiger partial charge in [0.15, 0.2) is 0 Å².